The highest BCUT2D eigenvalue weighted by Crippen LogP contribution is 2.23. The third kappa shape index (κ3) is 3.79. The summed E-state index contributed by atoms with van der Waals surface area (Å²) in [5.41, 5.74) is 7.11. The molecule has 1 aromatic rings. The number of nitrogens with one attached hydrogen (secondary N) is 1. The lowest BCUT2D eigenvalue weighted by Crippen LogP contribution is -2.48. The lowest BCUT2D eigenvalue weighted by atomic mass is 10.0. The van der Waals surface area contributed by atoms with Crippen molar-refractivity contribution in [1.29, 1.82) is 0 Å². The molecule has 0 aliphatic heterocycles. The Kier molecular flexibility index (Phi) is 5.98. The first-order chi connectivity index (χ1) is 9.78. The number of nitrogens with two attached hydrogens (primary N) is 1. The zero-order chi connectivity index (χ0) is 14.4. The molecule has 0 aromatic heterocycles. The second kappa shape index (κ2) is 7.74. The molecule has 3 N–H and O–H groups in total. The van der Waals surface area contributed by atoms with Crippen LogP contribution in [0.15, 0.2) is 18.2 Å². The largest absolute Gasteiger partial charge is 0.351 e. The maximum Gasteiger partial charge on any atom is 0.174 e. The van der Waals surface area contributed by atoms with Crippen LogP contribution >= 0.6 is 0 Å². The Labute approximate surface area is 121 Å². The van der Waals surface area contributed by atoms with Crippen LogP contribution in [0.1, 0.15) is 37.0 Å². The Bertz CT molecular complexity index is 417. The van der Waals surface area contributed by atoms with Gasteiger partial charge in [-0.25, -0.2) is 0 Å². The van der Waals surface area contributed by atoms with Crippen LogP contribution in [0.5, 0.6) is 0 Å². The molecule has 0 radical (unpaired) electrons. The van der Waals surface area contributed by atoms with Crippen molar-refractivity contribution in [3.05, 3.63) is 34.9 Å². The Morgan fingerprint density at radius 1 is 1.15 bits per heavy atom. The summed E-state index contributed by atoms with van der Waals surface area (Å²) < 4.78 is 11.3. The van der Waals surface area contributed by atoms with E-state index in [0.717, 1.165) is 6.42 Å². The minimum atomic E-state index is -0.303. The summed E-state index contributed by atoms with van der Waals surface area (Å²) in [6.07, 6.45) is 4.20. The highest BCUT2D eigenvalue weighted by atomic mass is 16.7. The zero-order valence-corrected chi connectivity index (χ0v) is 12.5. The van der Waals surface area contributed by atoms with Gasteiger partial charge in [-0.05, 0) is 56.2 Å². The van der Waals surface area contributed by atoms with Gasteiger partial charge < -0.3 is 9.47 Å². The van der Waals surface area contributed by atoms with Gasteiger partial charge in [0, 0.05) is 13.2 Å². The lowest BCUT2D eigenvalue weighted by Gasteiger charge is -2.26. The molecule has 2 rings (SSSR count). The van der Waals surface area contributed by atoms with Gasteiger partial charge in [-0.3, -0.25) is 11.3 Å². The molecule has 0 heterocycles. The van der Waals surface area contributed by atoms with E-state index in [1.165, 1.54) is 36.0 Å². The predicted octanol–water partition coefficient (Wildman–Crippen LogP) is 1.95. The fourth-order valence-corrected chi connectivity index (χ4v) is 2.85. The van der Waals surface area contributed by atoms with Crippen molar-refractivity contribution in [1.82, 2.24) is 5.43 Å². The first-order valence-electron chi connectivity index (χ1n) is 7.58. The summed E-state index contributed by atoms with van der Waals surface area (Å²) in [6, 6.07) is 6.72. The lowest BCUT2D eigenvalue weighted by molar-refractivity contribution is -0.153. The molecule has 1 aliphatic rings. The van der Waals surface area contributed by atoms with Gasteiger partial charge in [-0.15, -0.1) is 0 Å². The average molecular weight is 278 g/mol. The van der Waals surface area contributed by atoms with E-state index in [1.807, 2.05) is 13.8 Å². The summed E-state index contributed by atoms with van der Waals surface area (Å²) in [5.74, 6) is 5.68. The quantitative estimate of drug-likeness (QED) is 0.433. The van der Waals surface area contributed by atoms with E-state index in [1.54, 1.807) is 0 Å². The van der Waals surface area contributed by atoms with Crippen LogP contribution in [-0.2, 0) is 28.7 Å². The van der Waals surface area contributed by atoms with Crippen LogP contribution in [-0.4, -0.2) is 25.5 Å². The van der Waals surface area contributed by atoms with Crippen LogP contribution in [0.25, 0.3) is 0 Å². The van der Waals surface area contributed by atoms with Crippen molar-refractivity contribution in [3.63, 3.8) is 0 Å². The number of hydrogen-bond acceptors (Lipinski definition) is 4. The summed E-state index contributed by atoms with van der Waals surface area (Å²) in [5, 5.41) is 0. The normalized spacial score (nSPS) is 15.6. The van der Waals surface area contributed by atoms with E-state index in [9.17, 15) is 0 Å². The number of rotatable bonds is 8. The van der Waals surface area contributed by atoms with Crippen molar-refractivity contribution in [2.75, 3.05) is 13.2 Å². The molecule has 4 nitrogen and oxygen atoms in total. The topological polar surface area (TPSA) is 56.5 Å². The molecular formula is C16H26N2O2. The molecule has 4 heteroatoms. The summed E-state index contributed by atoms with van der Waals surface area (Å²) in [4.78, 5) is 0. The molecular weight excluding hydrogens is 252 g/mol. The molecule has 112 valence electrons. The second-order valence-corrected chi connectivity index (χ2v) is 5.21. The van der Waals surface area contributed by atoms with Gasteiger partial charge in [0.05, 0.1) is 6.04 Å². The van der Waals surface area contributed by atoms with Gasteiger partial charge in [0.2, 0.25) is 0 Å². The maximum atomic E-state index is 5.68. The van der Waals surface area contributed by atoms with E-state index >= 15 is 0 Å². The monoisotopic (exact) mass is 278 g/mol. The van der Waals surface area contributed by atoms with Gasteiger partial charge in [0.15, 0.2) is 6.29 Å². The van der Waals surface area contributed by atoms with Crippen molar-refractivity contribution in [2.24, 2.45) is 5.84 Å². The van der Waals surface area contributed by atoms with Gasteiger partial charge in [0.25, 0.3) is 0 Å². The first-order valence-corrected chi connectivity index (χ1v) is 7.58. The highest BCUT2D eigenvalue weighted by Gasteiger charge is 2.22. The Balaban J connectivity index is 2.04. The van der Waals surface area contributed by atoms with Crippen LogP contribution in [0.3, 0.4) is 0 Å². The number of ether oxygens (including phenoxy) is 2. The molecule has 1 unspecified atom stereocenters. The van der Waals surface area contributed by atoms with Crippen LogP contribution < -0.4 is 11.3 Å². The molecule has 0 saturated carbocycles. The maximum absolute atomic E-state index is 5.68. The van der Waals surface area contributed by atoms with Gasteiger partial charge >= 0.3 is 0 Å². The number of fused-ring (bicyclic) bond motifs is 1. The van der Waals surface area contributed by atoms with E-state index in [-0.39, 0.29) is 12.3 Å². The fourth-order valence-electron chi connectivity index (χ4n) is 2.85. The number of benzene rings is 1. The minimum Gasteiger partial charge on any atom is -0.351 e. The molecule has 1 atom stereocenters. The third-order valence-corrected chi connectivity index (χ3v) is 3.82. The zero-order valence-electron chi connectivity index (χ0n) is 12.5. The molecule has 20 heavy (non-hydrogen) atoms. The van der Waals surface area contributed by atoms with E-state index in [2.05, 4.69) is 23.6 Å². The van der Waals surface area contributed by atoms with Crippen LogP contribution in [0.2, 0.25) is 0 Å². The van der Waals surface area contributed by atoms with Crippen molar-refractivity contribution < 1.29 is 9.47 Å². The smallest absolute Gasteiger partial charge is 0.174 e. The van der Waals surface area contributed by atoms with Crippen molar-refractivity contribution in [2.45, 2.75) is 51.9 Å². The Hall–Kier alpha value is -0.940. The van der Waals surface area contributed by atoms with Crippen molar-refractivity contribution in [3.8, 4) is 0 Å². The minimum absolute atomic E-state index is 0.0330. The van der Waals surface area contributed by atoms with Crippen LogP contribution in [0, 0.1) is 0 Å². The molecule has 0 spiro atoms. The van der Waals surface area contributed by atoms with E-state index < -0.39 is 0 Å². The number of hydrazine groups is 1. The SMILES string of the molecule is CCOC(OCC)C(Cc1ccc2c(c1)CCC2)NN. The molecule has 1 aromatic carbocycles. The van der Waals surface area contributed by atoms with Crippen molar-refractivity contribution >= 4 is 0 Å². The number of aryl methyl sites for hydroxylation is 2. The predicted molar refractivity (Wildman–Crippen MR) is 80.3 cm³/mol. The summed E-state index contributed by atoms with van der Waals surface area (Å²) in [6.45, 7) is 5.17. The molecule has 0 fully saturated rings. The summed E-state index contributed by atoms with van der Waals surface area (Å²) in [7, 11) is 0. The molecule has 0 amide bonds. The highest BCUT2D eigenvalue weighted by molar-refractivity contribution is 5.35. The third-order valence-electron chi connectivity index (χ3n) is 3.82. The Morgan fingerprint density at radius 2 is 1.85 bits per heavy atom. The first kappa shape index (κ1) is 15.4. The molecule has 0 saturated heterocycles. The second-order valence-electron chi connectivity index (χ2n) is 5.21. The average Bonchev–Trinajstić information content (AvgIpc) is 2.92. The van der Waals surface area contributed by atoms with Crippen LogP contribution in [0.4, 0.5) is 0 Å². The van der Waals surface area contributed by atoms with Gasteiger partial charge in [-0.1, -0.05) is 18.2 Å². The molecule has 1 aliphatic carbocycles. The van der Waals surface area contributed by atoms with Gasteiger partial charge in [0.1, 0.15) is 0 Å². The standard InChI is InChI=1S/C16H26N2O2/c1-3-19-16(20-4-2)15(18-17)11-12-8-9-13-6-5-7-14(13)10-12/h8-10,15-16,18H,3-7,11,17H2,1-2H3. The molecule has 0 bridgehead atoms. The Morgan fingerprint density at radius 3 is 2.50 bits per heavy atom. The number of hydrogen-bond donors (Lipinski definition) is 2. The fraction of sp³-hybridized carbons (Fsp3) is 0.625. The van der Waals surface area contributed by atoms with Gasteiger partial charge in [-0.2, -0.15) is 0 Å². The van der Waals surface area contributed by atoms with E-state index in [0.29, 0.717) is 13.2 Å². The summed E-state index contributed by atoms with van der Waals surface area (Å²) >= 11 is 0. The van der Waals surface area contributed by atoms with E-state index in [4.69, 9.17) is 15.3 Å².